The molecule has 2 nitrogen and oxygen atoms in total. The molecule has 1 aliphatic rings. The lowest BCUT2D eigenvalue weighted by atomic mass is 10.1. The Morgan fingerprint density at radius 1 is 1.31 bits per heavy atom. The predicted octanol–water partition coefficient (Wildman–Crippen LogP) is 3.94. The van der Waals surface area contributed by atoms with Crippen molar-refractivity contribution in [2.45, 2.75) is 24.1 Å². The van der Waals surface area contributed by atoms with Gasteiger partial charge in [-0.1, -0.05) is 34.8 Å². The summed E-state index contributed by atoms with van der Waals surface area (Å²) in [7, 11) is 3.37. The molecule has 1 aliphatic carbocycles. The molecule has 2 rings (SSSR count). The topological polar surface area (TPSA) is 18.5 Å². The standard InChI is InChI=1S/C13H17BrO2/c1-15-10-5-6-11(13(8-10)16-2)12(14)7-9-3-4-9/h5-6,8-9,12H,3-4,7H2,1-2H3. The molecule has 0 saturated heterocycles. The number of benzene rings is 1. The van der Waals surface area contributed by atoms with E-state index in [1.807, 2.05) is 12.1 Å². The average molecular weight is 285 g/mol. The molecule has 3 heteroatoms. The van der Waals surface area contributed by atoms with E-state index in [2.05, 4.69) is 22.0 Å². The second-order valence-corrected chi connectivity index (χ2v) is 5.36. The fourth-order valence-corrected chi connectivity index (χ4v) is 2.76. The van der Waals surface area contributed by atoms with Gasteiger partial charge in [0, 0.05) is 16.5 Å². The SMILES string of the molecule is COc1ccc(C(Br)CC2CC2)c(OC)c1. The van der Waals surface area contributed by atoms with Crippen LogP contribution in [0.25, 0.3) is 0 Å². The van der Waals surface area contributed by atoms with E-state index < -0.39 is 0 Å². The summed E-state index contributed by atoms with van der Waals surface area (Å²) in [4.78, 5) is 0.390. The van der Waals surface area contributed by atoms with Crippen molar-refractivity contribution in [1.29, 1.82) is 0 Å². The summed E-state index contributed by atoms with van der Waals surface area (Å²) < 4.78 is 10.6. The molecule has 0 amide bonds. The van der Waals surface area contributed by atoms with Crippen LogP contribution in [0.2, 0.25) is 0 Å². The highest BCUT2D eigenvalue weighted by molar-refractivity contribution is 9.09. The largest absolute Gasteiger partial charge is 0.497 e. The van der Waals surface area contributed by atoms with Gasteiger partial charge < -0.3 is 9.47 Å². The van der Waals surface area contributed by atoms with Crippen molar-refractivity contribution in [1.82, 2.24) is 0 Å². The maximum absolute atomic E-state index is 5.40. The summed E-state index contributed by atoms with van der Waals surface area (Å²) in [5.41, 5.74) is 1.22. The van der Waals surface area contributed by atoms with Crippen molar-refractivity contribution in [2.24, 2.45) is 5.92 Å². The highest BCUT2D eigenvalue weighted by Gasteiger charge is 2.26. The van der Waals surface area contributed by atoms with E-state index in [0.717, 1.165) is 17.4 Å². The van der Waals surface area contributed by atoms with E-state index in [1.54, 1.807) is 14.2 Å². The summed E-state index contributed by atoms with van der Waals surface area (Å²) in [6.45, 7) is 0. The smallest absolute Gasteiger partial charge is 0.126 e. The molecule has 1 atom stereocenters. The third-order valence-electron chi connectivity index (χ3n) is 3.02. The normalized spacial score (nSPS) is 16.9. The lowest BCUT2D eigenvalue weighted by Crippen LogP contribution is -1.97. The Morgan fingerprint density at radius 2 is 2.06 bits per heavy atom. The summed E-state index contributed by atoms with van der Waals surface area (Å²) in [6.07, 6.45) is 3.95. The second-order valence-electron chi connectivity index (χ2n) is 4.25. The quantitative estimate of drug-likeness (QED) is 0.763. The minimum Gasteiger partial charge on any atom is -0.497 e. The zero-order valence-electron chi connectivity index (χ0n) is 9.70. The Labute approximate surface area is 105 Å². The van der Waals surface area contributed by atoms with Crippen LogP contribution in [0, 0.1) is 5.92 Å². The minimum absolute atomic E-state index is 0.390. The summed E-state index contributed by atoms with van der Waals surface area (Å²) in [5.74, 6) is 2.64. The molecule has 1 aromatic carbocycles. The van der Waals surface area contributed by atoms with Crippen molar-refractivity contribution in [2.75, 3.05) is 14.2 Å². The van der Waals surface area contributed by atoms with Gasteiger partial charge >= 0.3 is 0 Å². The third kappa shape index (κ3) is 2.70. The van der Waals surface area contributed by atoms with Gasteiger partial charge in [0.05, 0.1) is 14.2 Å². The summed E-state index contributed by atoms with van der Waals surface area (Å²) in [5, 5.41) is 0. The van der Waals surface area contributed by atoms with E-state index >= 15 is 0 Å². The van der Waals surface area contributed by atoms with Crippen LogP contribution in [0.4, 0.5) is 0 Å². The number of halogens is 1. The number of alkyl halides is 1. The van der Waals surface area contributed by atoms with Gasteiger partial charge in [-0.25, -0.2) is 0 Å². The monoisotopic (exact) mass is 284 g/mol. The first-order valence-corrected chi connectivity index (χ1v) is 6.52. The number of rotatable bonds is 5. The zero-order valence-corrected chi connectivity index (χ0v) is 11.3. The van der Waals surface area contributed by atoms with Crippen LogP contribution >= 0.6 is 15.9 Å². The van der Waals surface area contributed by atoms with Crippen LogP contribution in [-0.2, 0) is 0 Å². The van der Waals surface area contributed by atoms with Crippen LogP contribution in [0.15, 0.2) is 18.2 Å². The van der Waals surface area contributed by atoms with E-state index in [4.69, 9.17) is 9.47 Å². The Morgan fingerprint density at radius 3 is 2.62 bits per heavy atom. The average Bonchev–Trinajstić information content (AvgIpc) is 3.11. The molecule has 1 unspecified atom stereocenters. The molecule has 88 valence electrons. The molecule has 0 bridgehead atoms. The maximum atomic E-state index is 5.40. The Bertz CT molecular complexity index is 361. The number of hydrogen-bond donors (Lipinski definition) is 0. The first-order valence-electron chi connectivity index (χ1n) is 5.60. The molecular weight excluding hydrogens is 268 g/mol. The number of ether oxygens (including phenoxy) is 2. The molecule has 0 N–H and O–H groups in total. The minimum atomic E-state index is 0.390. The molecule has 0 aliphatic heterocycles. The van der Waals surface area contributed by atoms with Crippen molar-refractivity contribution in [3.8, 4) is 11.5 Å². The highest BCUT2D eigenvalue weighted by atomic mass is 79.9. The van der Waals surface area contributed by atoms with Crippen molar-refractivity contribution in [3.63, 3.8) is 0 Å². The third-order valence-corrected chi connectivity index (χ3v) is 3.88. The van der Waals surface area contributed by atoms with Crippen molar-refractivity contribution < 1.29 is 9.47 Å². The van der Waals surface area contributed by atoms with E-state index in [-0.39, 0.29) is 0 Å². The molecule has 16 heavy (non-hydrogen) atoms. The molecule has 0 heterocycles. The molecule has 1 saturated carbocycles. The molecule has 1 fully saturated rings. The van der Waals surface area contributed by atoms with Gasteiger partial charge in [-0.15, -0.1) is 0 Å². The Hall–Kier alpha value is -0.700. The van der Waals surface area contributed by atoms with E-state index in [0.29, 0.717) is 4.83 Å². The van der Waals surface area contributed by atoms with Gasteiger partial charge in [-0.2, -0.15) is 0 Å². The number of hydrogen-bond acceptors (Lipinski definition) is 2. The molecule has 0 aromatic heterocycles. The predicted molar refractivity (Wildman–Crippen MR) is 68.6 cm³/mol. The Kier molecular flexibility index (Phi) is 3.74. The highest BCUT2D eigenvalue weighted by Crippen LogP contribution is 2.44. The first kappa shape index (κ1) is 11.8. The van der Waals surface area contributed by atoms with Gasteiger partial charge in [-0.3, -0.25) is 0 Å². The van der Waals surface area contributed by atoms with Crippen LogP contribution < -0.4 is 9.47 Å². The fourth-order valence-electron chi connectivity index (χ4n) is 1.85. The summed E-state index contributed by atoms with van der Waals surface area (Å²) in [6, 6.07) is 6.01. The van der Waals surface area contributed by atoms with Crippen LogP contribution in [-0.4, -0.2) is 14.2 Å². The molecule has 0 radical (unpaired) electrons. The van der Waals surface area contributed by atoms with Gasteiger partial charge in [0.25, 0.3) is 0 Å². The Balaban J connectivity index is 2.17. The van der Waals surface area contributed by atoms with Crippen LogP contribution in [0.1, 0.15) is 29.7 Å². The summed E-state index contributed by atoms with van der Waals surface area (Å²) >= 11 is 3.74. The lowest BCUT2D eigenvalue weighted by Gasteiger charge is -2.15. The van der Waals surface area contributed by atoms with Crippen molar-refractivity contribution in [3.05, 3.63) is 23.8 Å². The zero-order chi connectivity index (χ0) is 11.5. The van der Waals surface area contributed by atoms with Crippen LogP contribution in [0.5, 0.6) is 11.5 Å². The van der Waals surface area contributed by atoms with Crippen molar-refractivity contribution >= 4 is 15.9 Å². The first-order chi connectivity index (χ1) is 7.74. The molecule has 0 spiro atoms. The lowest BCUT2D eigenvalue weighted by molar-refractivity contribution is 0.390. The van der Waals surface area contributed by atoms with Gasteiger partial charge in [0.1, 0.15) is 11.5 Å². The fraction of sp³-hybridized carbons (Fsp3) is 0.538. The maximum Gasteiger partial charge on any atom is 0.126 e. The molecule has 1 aromatic rings. The molecular formula is C13H17BrO2. The number of methoxy groups -OCH3 is 2. The van der Waals surface area contributed by atoms with Gasteiger partial charge in [0.2, 0.25) is 0 Å². The van der Waals surface area contributed by atoms with E-state index in [1.165, 1.54) is 24.8 Å². The van der Waals surface area contributed by atoms with E-state index in [9.17, 15) is 0 Å². The second kappa shape index (κ2) is 5.09. The van der Waals surface area contributed by atoms with Gasteiger partial charge in [0.15, 0.2) is 0 Å². The van der Waals surface area contributed by atoms with Crippen LogP contribution in [0.3, 0.4) is 0 Å². The van der Waals surface area contributed by atoms with Gasteiger partial charge in [-0.05, 0) is 18.4 Å².